The van der Waals surface area contributed by atoms with Gasteiger partial charge in [-0.15, -0.1) is 0 Å². The van der Waals surface area contributed by atoms with E-state index in [1.165, 1.54) is 12.4 Å². The van der Waals surface area contributed by atoms with Crippen LogP contribution in [0.25, 0.3) is 22.0 Å². The van der Waals surface area contributed by atoms with Gasteiger partial charge in [-0.05, 0) is 18.2 Å². The molecule has 2 heterocycles. The fourth-order valence-electron chi connectivity index (χ4n) is 2.66. The largest absolute Gasteiger partial charge is 0.364 e. The molecule has 0 saturated carbocycles. The Morgan fingerprint density at radius 3 is 2.70 bits per heavy atom. The second-order valence-electron chi connectivity index (χ2n) is 5.55. The number of nitrogens with zero attached hydrogens (tertiary/aromatic N) is 2. The number of benzene rings is 2. The van der Waals surface area contributed by atoms with Crippen molar-refractivity contribution in [2.75, 3.05) is 18.4 Å². The van der Waals surface area contributed by atoms with Crippen LogP contribution in [-0.2, 0) is 0 Å². The molecule has 116 valence electrons. The maximum Gasteiger partial charge on any atom is 0.137 e. The Kier molecular flexibility index (Phi) is 3.59. The lowest BCUT2D eigenvalue weighted by atomic mass is 10.0. The van der Waals surface area contributed by atoms with Gasteiger partial charge in [-0.3, -0.25) is 0 Å². The lowest BCUT2D eigenvalue weighted by molar-refractivity contribution is 0.471. The van der Waals surface area contributed by atoms with E-state index in [1.807, 2.05) is 6.07 Å². The maximum atomic E-state index is 14.0. The monoisotopic (exact) mass is 328 g/mol. The predicted molar refractivity (Wildman–Crippen MR) is 90.2 cm³/mol. The van der Waals surface area contributed by atoms with Gasteiger partial charge in [-0.2, -0.15) is 0 Å². The van der Waals surface area contributed by atoms with Gasteiger partial charge in [-0.1, -0.05) is 29.8 Å². The first kappa shape index (κ1) is 14.4. The first-order valence-electron chi connectivity index (χ1n) is 7.39. The number of fused-ring (bicyclic) bond motifs is 1. The molecule has 1 saturated heterocycles. The average molecular weight is 329 g/mol. The molecule has 2 N–H and O–H groups in total. The van der Waals surface area contributed by atoms with Crippen LogP contribution in [0.15, 0.2) is 42.7 Å². The lowest BCUT2D eigenvalue weighted by Gasteiger charge is -2.28. The van der Waals surface area contributed by atoms with Gasteiger partial charge >= 0.3 is 0 Å². The number of hydrogen-bond donors (Lipinski definition) is 2. The van der Waals surface area contributed by atoms with Crippen molar-refractivity contribution in [3.63, 3.8) is 0 Å². The summed E-state index contributed by atoms with van der Waals surface area (Å²) < 4.78 is 14.0. The fourth-order valence-corrected chi connectivity index (χ4v) is 2.93. The standard InChI is InChI=1S/C17H14ClFN4/c18-14-5-13-16(6-12(14)11-3-1-2-4-15(11)19)21-9-22-17(13)23-10-7-20-8-10/h1-6,9-10,20H,7-8H2,(H,21,22,23). The number of rotatable bonds is 3. The van der Waals surface area contributed by atoms with Gasteiger partial charge in [0.1, 0.15) is 18.0 Å². The van der Waals surface area contributed by atoms with Crippen molar-refractivity contribution in [1.29, 1.82) is 0 Å². The number of halogens is 2. The van der Waals surface area contributed by atoms with Gasteiger partial charge in [0.05, 0.1) is 11.6 Å². The van der Waals surface area contributed by atoms with Crippen molar-refractivity contribution in [3.05, 3.63) is 53.6 Å². The zero-order valence-electron chi connectivity index (χ0n) is 12.2. The SMILES string of the molecule is Fc1ccccc1-c1cc2ncnc(NC3CNC3)c2cc1Cl. The van der Waals surface area contributed by atoms with E-state index in [9.17, 15) is 4.39 Å². The van der Waals surface area contributed by atoms with Crippen molar-refractivity contribution in [2.24, 2.45) is 0 Å². The van der Waals surface area contributed by atoms with Gasteiger partial charge in [0.15, 0.2) is 0 Å². The Morgan fingerprint density at radius 2 is 1.96 bits per heavy atom. The first-order chi connectivity index (χ1) is 11.2. The molecular formula is C17H14ClFN4. The van der Waals surface area contributed by atoms with Crippen LogP contribution in [-0.4, -0.2) is 29.1 Å². The van der Waals surface area contributed by atoms with Crippen LogP contribution < -0.4 is 10.6 Å². The smallest absolute Gasteiger partial charge is 0.137 e. The second kappa shape index (κ2) is 5.76. The van der Waals surface area contributed by atoms with Gasteiger partial charge in [0.25, 0.3) is 0 Å². The molecule has 4 nitrogen and oxygen atoms in total. The molecule has 6 heteroatoms. The van der Waals surface area contributed by atoms with E-state index in [1.54, 1.807) is 24.3 Å². The number of aromatic nitrogens is 2. The van der Waals surface area contributed by atoms with E-state index in [0.29, 0.717) is 22.2 Å². The Labute approximate surface area is 137 Å². The summed E-state index contributed by atoms with van der Waals surface area (Å²) in [7, 11) is 0. The van der Waals surface area contributed by atoms with Crippen LogP contribution in [0.5, 0.6) is 0 Å². The van der Waals surface area contributed by atoms with Crippen molar-refractivity contribution >= 4 is 28.3 Å². The molecule has 0 radical (unpaired) electrons. The molecule has 0 amide bonds. The van der Waals surface area contributed by atoms with Crippen molar-refractivity contribution in [1.82, 2.24) is 15.3 Å². The predicted octanol–water partition coefficient (Wildman–Crippen LogP) is 3.47. The van der Waals surface area contributed by atoms with Crippen LogP contribution in [0.4, 0.5) is 10.2 Å². The minimum Gasteiger partial charge on any atom is -0.364 e. The van der Waals surface area contributed by atoms with Crippen LogP contribution in [0.3, 0.4) is 0 Å². The lowest BCUT2D eigenvalue weighted by Crippen LogP contribution is -2.51. The van der Waals surface area contributed by atoms with Gasteiger partial charge in [0, 0.05) is 34.6 Å². The molecule has 0 spiro atoms. The normalized spacial score (nSPS) is 14.7. The topological polar surface area (TPSA) is 49.8 Å². The highest BCUT2D eigenvalue weighted by molar-refractivity contribution is 6.34. The van der Waals surface area contributed by atoms with E-state index in [4.69, 9.17) is 11.6 Å². The second-order valence-corrected chi connectivity index (χ2v) is 5.96. The third kappa shape index (κ3) is 2.62. The van der Waals surface area contributed by atoms with E-state index >= 15 is 0 Å². The van der Waals surface area contributed by atoms with Crippen LogP contribution in [0.1, 0.15) is 0 Å². The van der Waals surface area contributed by atoms with Crippen molar-refractivity contribution in [2.45, 2.75) is 6.04 Å². The van der Waals surface area contributed by atoms with Gasteiger partial charge in [0.2, 0.25) is 0 Å². The molecule has 4 rings (SSSR count). The molecule has 3 aromatic rings. The van der Waals surface area contributed by atoms with Crippen LogP contribution >= 0.6 is 11.6 Å². The van der Waals surface area contributed by atoms with Crippen LogP contribution in [0.2, 0.25) is 5.02 Å². The zero-order chi connectivity index (χ0) is 15.8. The van der Waals surface area contributed by atoms with Crippen molar-refractivity contribution in [3.8, 4) is 11.1 Å². The highest BCUT2D eigenvalue weighted by atomic mass is 35.5. The average Bonchev–Trinajstić information content (AvgIpc) is 2.51. The molecule has 23 heavy (non-hydrogen) atoms. The molecule has 1 aliphatic rings. The van der Waals surface area contributed by atoms with E-state index < -0.39 is 0 Å². The fraction of sp³-hybridized carbons (Fsp3) is 0.176. The summed E-state index contributed by atoms with van der Waals surface area (Å²) in [5.74, 6) is 0.449. The molecule has 1 aliphatic heterocycles. The summed E-state index contributed by atoms with van der Waals surface area (Å²) in [6.45, 7) is 1.82. The zero-order valence-corrected chi connectivity index (χ0v) is 12.9. The summed E-state index contributed by atoms with van der Waals surface area (Å²) in [6, 6.07) is 10.5. The molecule has 1 fully saturated rings. The summed E-state index contributed by atoms with van der Waals surface area (Å²) in [5, 5.41) is 7.89. The van der Waals surface area contributed by atoms with Crippen molar-refractivity contribution < 1.29 is 4.39 Å². The number of nitrogens with one attached hydrogen (secondary N) is 2. The third-order valence-corrected chi connectivity index (χ3v) is 4.32. The molecule has 0 aliphatic carbocycles. The minimum absolute atomic E-state index is 0.304. The first-order valence-corrected chi connectivity index (χ1v) is 7.76. The van der Waals surface area contributed by atoms with E-state index in [0.717, 1.165) is 29.8 Å². The molecule has 0 atom stereocenters. The maximum absolute atomic E-state index is 14.0. The minimum atomic E-state index is -0.304. The number of hydrogen-bond acceptors (Lipinski definition) is 4. The molecular weight excluding hydrogens is 315 g/mol. The Bertz CT molecular complexity index is 880. The molecule has 0 unspecified atom stereocenters. The summed E-state index contributed by atoms with van der Waals surface area (Å²) in [5.41, 5.74) is 1.83. The molecule has 1 aromatic heterocycles. The van der Waals surface area contributed by atoms with E-state index in [2.05, 4.69) is 20.6 Å². The third-order valence-electron chi connectivity index (χ3n) is 4.01. The molecule has 2 aromatic carbocycles. The Morgan fingerprint density at radius 1 is 1.13 bits per heavy atom. The molecule has 0 bridgehead atoms. The van der Waals surface area contributed by atoms with Gasteiger partial charge < -0.3 is 10.6 Å². The van der Waals surface area contributed by atoms with Crippen LogP contribution in [0, 0.1) is 5.82 Å². The summed E-state index contributed by atoms with van der Waals surface area (Å²) in [6.07, 6.45) is 1.51. The highest BCUT2D eigenvalue weighted by Crippen LogP contribution is 2.34. The summed E-state index contributed by atoms with van der Waals surface area (Å²) in [4.78, 5) is 8.61. The Hall–Kier alpha value is -2.24. The van der Waals surface area contributed by atoms with Gasteiger partial charge in [-0.25, -0.2) is 14.4 Å². The van der Waals surface area contributed by atoms with E-state index in [-0.39, 0.29) is 5.82 Å². The Balaban J connectivity index is 1.83. The highest BCUT2D eigenvalue weighted by Gasteiger charge is 2.19. The quantitative estimate of drug-likeness (QED) is 0.773. The number of anilines is 1. The summed E-state index contributed by atoms with van der Waals surface area (Å²) >= 11 is 6.40.